The third kappa shape index (κ3) is 5.83. The topological polar surface area (TPSA) is 3.24 Å². The van der Waals surface area contributed by atoms with Crippen molar-refractivity contribution in [1.29, 1.82) is 0 Å². The molecule has 0 N–H and O–H groups in total. The van der Waals surface area contributed by atoms with E-state index < -0.39 is 131 Å². The number of benzene rings is 8. The first-order valence-corrected chi connectivity index (χ1v) is 14.7. The fourth-order valence-corrected chi connectivity index (χ4v) is 5.30. The van der Waals surface area contributed by atoms with Crippen LogP contribution < -0.4 is 4.90 Å². The minimum Gasteiger partial charge on any atom is -0.311 e. The van der Waals surface area contributed by atoms with Gasteiger partial charge < -0.3 is 4.90 Å². The largest absolute Gasteiger partial charge is 0.311 e. The van der Waals surface area contributed by atoms with Crippen molar-refractivity contribution in [3.63, 3.8) is 0 Å². The maximum absolute atomic E-state index is 9.48. The number of rotatable bonds is 7. The van der Waals surface area contributed by atoms with Crippen LogP contribution in [0, 0.1) is 0 Å². The molecule has 1 heteroatoms. The Hall–Kier alpha value is -6.18. The van der Waals surface area contributed by atoms with Crippen LogP contribution in [0.15, 0.2) is 200 Å². The number of fused-ring (bicyclic) bond motifs is 1. The molecule has 8 rings (SSSR count). The second kappa shape index (κ2) is 12.7. The third-order valence-corrected chi connectivity index (χ3v) is 7.57. The Kier molecular flexibility index (Phi) is 4.15. The fourth-order valence-electron chi connectivity index (χ4n) is 5.30. The number of nitrogens with zero attached hydrogens (tertiary/aromatic N) is 1. The zero-order valence-electron chi connectivity index (χ0n) is 41.7. The molecule has 0 fully saturated rings. The predicted octanol–water partition coefficient (Wildman–Crippen LogP) is 13.0. The van der Waals surface area contributed by atoms with Gasteiger partial charge in [0.1, 0.15) is 0 Å². The molecule has 0 spiro atoms. The van der Waals surface area contributed by atoms with Crippen LogP contribution in [0.25, 0.3) is 55.3 Å². The summed E-state index contributed by atoms with van der Waals surface area (Å²) >= 11 is 0. The summed E-state index contributed by atoms with van der Waals surface area (Å²) in [4.78, 5) is 0.666. The highest BCUT2D eigenvalue weighted by Gasteiger charge is 2.14. The Morgan fingerprint density at radius 1 is 0.340 bits per heavy atom. The van der Waals surface area contributed by atoms with Gasteiger partial charge in [-0.25, -0.2) is 0 Å². The Balaban J connectivity index is 1.44. The van der Waals surface area contributed by atoms with Gasteiger partial charge in [0.25, 0.3) is 0 Å². The lowest BCUT2D eigenvalue weighted by Gasteiger charge is -2.26. The van der Waals surface area contributed by atoms with Gasteiger partial charge >= 0.3 is 0 Å². The molecule has 0 unspecified atom stereocenters. The molecule has 0 aliphatic heterocycles. The van der Waals surface area contributed by atoms with E-state index in [1.807, 2.05) is 48.5 Å². The van der Waals surface area contributed by atoms with E-state index in [9.17, 15) is 11.0 Å². The second-order valence-electron chi connectivity index (χ2n) is 10.5. The summed E-state index contributed by atoms with van der Waals surface area (Å²) in [6.07, 6.45) is 0. The molecular weight excluding hydrogens is 567 g/mol. The molecule has 0 bridgehead atoms. The van der Waals surface area contributed by atoms with Gasteiger partial charge in [0, 0.05) is 17.1 Å². The molecule has 0 atom stereocenters. The first-order valence-electron chi connectivity index (χ1n) is 23.2. The Morgan fingerprint density at radius 2 is 0.809 bits per heavy atom. The van der Waals surface area contributed by atoms with Gasteiger partial charge in [0.05, 0.1) is 23.3 Å². The fraction of sp³-hybridized carbons (Fsp3) is 0. The van der Waals surface area contributed by atoms with Crippen LogP contribution in [0.1, 0.15) is 23.3 Å². The average Bonchev–Trinajstić information content (AvgIpc) is 3.29. The van der Waals surface area contributed by atoms with Crippen LogP contribution in [0.2, 0.25) is 0 Å². The van der Waals surface area contributed by atoms with Crippen LogP contribution in [0.5, 0.6) is 0 Å². The SMILES string of the molecule is [2H]c1c([2H])c([2H])c(-c2c([2H])c([2H])c(N(c3c([2H])c([2H])c(-c4ccccc4)c([2H])c3[2H])c3c([2H])c([2H])c(-c4cccc(-c5cccc6ccccc56)c4)c([2H])c3[2H])c([2H])c2[2H])c([2H])c1[2H]. The van der Waals surface area contributed by atoms with Gasteiger partial charge in [0.15, 0.2) is 0 Å². The summed E-state index contributed by atoms with van der Waals surface area (Å²) in [7, 11) is 0. The van der Waals surface area contributed by atoms with Crippen molar-refractivity contribution in [1.82, 2.24) is 0 Å². The Labute approximate surface area is 300 Å². The van der Waals surface area contributed by atoms with E-state index in [-0.39, 0.29) is 11.1 Å². The molecule has 0 aromatic heterocycles. The van der Waals surface area contributed by atoms with Gasteiger partial charge in [0.2, 0.25) is 0 Å². The molecule has 0 saturated heterocycles. The van der Waals surface area contributed by atoms with Crippen LogP contribution in [-0.4, -0.2) is 0 Å². The summed E-state index contributed by atoms with van der Waals surface area (Å²) in [6, 6.07) is 15.1. The summed E-state index contributed by atoms with van der Waals surface area (Å²) in [5.41, 5.74) is -1.71. The summed E-state index contributed by atoms with van der Waals surface area (Å²) in [5, 5.41) is 1.91. The molecule has 0 heterocycles. The molecule has 8 aromatic carbocycles. The van der Waals surface area contributed by atoms with E-state index in [2.05, 4.69) is 0 Å². The monoisotopic (exact) mass is 616 g/mol. The van der Waals surface area contributed by atoms with Crippen molar-refractivity contribution >= 4 is 27.8 Å². The lowest BCUT2D eigenvalue weighted by Crippen LogP contribution is -2.09. The molecule has 0 amide bonds. The molecule has 1 nitrogen and oxygen atoms in total. The van der Waals surface area contributed by atoms with Gasteiger partial charge in [-0.1, -0.05) is 157 Å². The van der Waals surface area contributed by atoms with E-state index in [1.54, 1.807) is 48.5 Å². The van der Waals surface area contributed by atoms with Crippen molar-refractivity contribution < 1.29 is 23.3 Å². The molecule has 47 heavy (non-hydrogen) atoms. The lowest BCUT2D eigenvalue weighted by atomic mass is 9.95. The van der Waals surface area contributed by atoms with E-state index in [0.717, 1.165) is 16.3 Å². The van der Waals surface area contributed by atoms with Crippen LogP contribution in [0.3, 0.4) is 0 Å². The summed E-state index contributed by atoms with van der Waals surface area (Å²) < 4.78 is 153. The smallest absolute Gasteiger partial charge is 0.0645 e. The zero-order valence-corrected chi connectivity index (χ0v) is 24.7. The quantitative estimate of drug-likeness (QED) is 0.172. The highest BCUT2D eigenvalue weighted by molar-refractivity contribution is 5.97. The van der Waals surface area contributed by atoms with Crippen molar-refractivity contribution in [3.8, 4) is 44.5 Å². The maximum atomic E-state index is 9.48. The minimum absolute atomic E-state index is 0.128. The maximum Gasteiger partial charge on any atom is 0.0645 e. The standard InChI is InChI=1S/C46H33N/c1-3-11-34(12-4-1)36-21-27-42(28-22-36)47(43-29-23-37(24-30-43)35-13-5-2-6-14-35)44-31-25-38(26-32-44)40-17-9-18-41(33-40)46-20-10-16-39-15-7-8-19-45(39)46/h1-33H/i1D,3D,4D,11D,12D,21D,22D,23D,24D,25D,26D,27D,28D,29D,30D,31D,32D. The van der Waals surface area contributed by atoms with E-state index in [1.165, 1.54) is 0 Å². The molecule has 0 saturated carbocycles. The minimum atomic E-state index is -0.976. The predicted molar refractivity (Wildman–Crippen MR) is 200 cm³/mol. The Morgan fingerprint density at radius 3 is 1.47 bits per heavy atom. The van der Waals surface area contributed by atoms with E-state index in [4.69, 9.17) is 12.3 Å². The first-order chi connectivity index (χ1) is 30.4. The van der Waals surface area contributed by atoms with Gasteiger partial charge in [-0.15, -0.1) is 0 Å². The third-order valence-electron chi connectivity index (χ3n) is 7.57. The summed E-state index contributed by atoms with van der Waals surface area (Å²) in [5.74, 6) is 0. The van der Waals surface area contributed by atoms with Crippen molar-refractivity contribution in [2.75, 3.05) is 4.90 Å². The second-order valence-corrected chi connectivity index (χ2v) is 10.5. The molecule has 0 aliphatic rings. The first kappa shape index (κ1) is 15.4. The van der Waals surface area contributed by atoms with Gasteiger partial charge in [-0.3, -0.25) is 0 Å². The van der Waals surface area contributed by atoms with Crippen LogP contribution in [0.4, 0.5) is 17.1 Å². The highest BCUT2D eigenvalue weighted by Crippen LogP contribution is 2.38. The number of anilines is 3. The average molecular weight is 617 g/mol. The zero-order chi connectivity index (χ0) is 46.2. The lowest BCUT2D eigenvalue weighted by molar-refractivity contribution is 1.28. The van der Waals surface area contributed by atoms with Crippen LogP contribution >= 0.6 is 0 Å². The van der Waals surface area contributed by atoms with Crippen molar-refractivity contribution in [2.45, 2.75) is 0 Å². The molecule has 8 aromatic rings. The van der Waals surface area contributed by atoms with Crippen LogP contribution in [-0.2, 0) is 0 Å². The normalized spacial score (nSPS) is 16.0. The number of hydrogen-bond donors (Lipinski definition) is 0. The van der Waals surface area contributed by atoms with E-state index >= 15 is 0 Å². The van der Waals surface area contributed by atoms with E-state index in [0.29, 0.717) is 21.6 Å². The molecule has 0 radical (unpaired) electrons. The van der Waals surface area contributed by atoms with Crippen molar-refractivity contribution in [2.24, 2.45) is 0 Å². The molecular formula is C46H33N. The molecule has 222 valence electrons. The number of hydrogen-bond acceptors (Lipinski definition) is 1. The highest BCUT2D eigenvalue weighted by atomic mass is 15.1. The van der Waals surface area contributed by atoms with Gasteiger partial charge in [-0.2, -0.15) is 0 Å². The molecule has 0 aliphatic carbocycles. The van der Waals surface area contributed by atoms with Gasteiger partial charge in [-0.05, 0) is 97.6 Å². The Bertz CT molecular complexity index is 3140. The van der Waals surface area contributed by atoms with Crippen molar-refractivity contribution in [3.05, 3.63) is 200 Å². The summed E-state index contributed by atoms with van der Waals surface area (Å²) in [6.45, 7) is 0.